The lowest BCUT2D eigenvalue weighted by atomic mass is 10.1. The number of rotatable bonds is 6. The zero-order valence-corrected chi connectivity index (χ0v) is 12.1. The predicted molar refractivity (Wildman–Crippen MR) is 79.5 cm³/mol. The van der Waals surface area contributed by atoms with Gasteiger partial charge in [0.2, 0.25) is 0 Å². The topological polar surface area (TPSA) is 21.3 Å². The molecule has 3 heteroatoms. The van der Waals surface area contributed by atoms with Crippen LogP contribution in [0.25, 0.3) is 0 Å². The summed E-state index contributed by atoms with van der Waals surface area (Å²) in [6.45, 7) is 6.10. The third kappa shape index (κ3) is 3.66. The highest BCUT2D eigenvalue weighted by molar-refractivity contribution is 7.99. The second kappa shape index (κ2) is 7.05. The molecular formula is C15H23NOS. The van der Waals surface area contributed by atoms with Crippen molar-refractivity contribution in [1.29, 1.82) is 0 Å². The predicted octanol–water partition coefficient (Wildman–Crippen LogP) is 3.49. The Balaban J connectivity index is 1.92. The Morgan fingerprint density at radius 1 is 1.44 bits per heavy atom. The Kier molecular flexibility index (Phi) is 5.39. The van der Waals surface area contributed by atoms with Crippen molar-refractivity contribution in [3.8, 4) is 5.75 Å². The van der Waals surface area contributed by atoms with E-state index in [4.69, 9.17) is 4.74 Å². The van der Waals surface area contributed by atoms with Gasteiger partial charge in [0.15, 0.2) is 0 Å². The first-order chi connectivity index (χ1) is 8.81. The summed E-state index contributed by atoms with van der Waals surface area (Å²) in [5.74, 6) is 4.50. The number of thioether (sulfide) groups is 1. The van der Waals surface area contributed by atoms with Crippen LogP contribution in [-0.4, -0.2) is 24.7 Å². The van der Waals surface area contributed by atoms with Gasteiger partial charge >= 0.3 is 0 Å². The third-order valence-electron chi connectivity index (χ3n) is 3.42. The Bertz CT molecular complexity index is 363. The summed E-state index contributed by atoms with van der Waals surface area (Å²) in [6, 6.07) is 8.70. The summed E-state index contributed by atoms with van der Waals surface area (Å²) in [5.41, 5.74) is 1.27. The van der Waals surface area contributed by atoms with Crippen molar-refractivity contribution in [2.24, 2.45) is 5.92 Å². The van der Waals surface area contributed by atoms with Crippen LogP contribution in [0.3, 0.4) is 0 Å². The van der Waals surface area contributed by atoms with Gasteiger partial charge in [-0.3, -0.25) is 0 Å². The van der Waals surface area contributed by atoms with Crippen LogP contribution in [0.2, 0.25) is 0 Å². The quantitative estimate of drug-likeness (QED) is 0.851. The van der Waals surface area contributed by atoms with Crippen molar-refractivity contribution in [1.82, 2.24) is 5.32 Å². The van der Waals surface area contributed by atoms with Crippen LogP contribution in [0, 0.1) is 5.92 Å². The summed E-state index contributed by atoms with van der Waals surface area (Å²) in [6.07, 6.45) is 1.36. The average molecular weight is 265 g/mol. The molecule has 1 heterocycles. The van der Waals surface area contributed by atoms with Crippen LogP contribution in [0.1, 0.15) is 31.9 Å². The van der Waals surface area contributed by atoms with Gasteiger partial charge < -0.3 is 10.1 Å². The molecule has 1 saturated heterocycles. The van der Waals surface area contributed by atoms with Crippen molar-refractivity contribution in [3.63, 3.8) is 0 Å². The van der Waals surface area contributed by atoms with Gasteiger partial charge in [-0.1, -0.05) is 18.2 Å². The molecule has 2 unspecified atom stereocenters. The zero-order chi connectivity index (χ0) is 12.8. The van der Waals surface area contributed by atoms with Gasteiger partial charge in [-0.25, -0.2) is 0 Å². The summed E-state index contributed by atoms with van der Waals surface area (Å²) < 4.78 is 5.69. The second-order valence-electron chi connectivity index (χ2n) is 4.83. The molecule has 1 aliphatic rings. The Morgan fingerprint density at radius 3 is 3.00 bits per heavy atom. The average Bonchev–Trinajstić information content (AvgIpc) is 2.90. The minimum absolute atomic E-state index is 0.360. The lowest BCUT2D eigenvalue weighted by Gasteiger charge is -2.19. The molecule has 0 spiro atoms. The van der Waals surface area contributed by atoms with E-state index in [1.54, 1.807) is 0 Å². The highest BCUT2D eigenvalue weighted by atomic mass is 32.2. The fourth-order valence-corrected chi connectivity index (χ4v) is 3.61. The third-order valence-corrected chi connectivity index (χ3v) is 4.65. The normalized spacial score (nSPS) is 20.9. The molecule has 2 nitrogen and oxygen atoms in total. The Labute approximate surface area is 114 Å². The van der Waals surface area contributed by atoms with Crippen LogP contribution < -0.4 is 10.1 Å². The number of benzene rings is 1. The molecular weight excluding hydrogens is 242 g/mol. The van der Waals surface area contributed by atoms with Gasteiger partial charge in [-0.2, -0.15) is 11.8 Å². The SMILES string of the molecule is CCOc1ccccc1C(C)NCC1CCSC1. The first-order valence-electron chi connectivity index (χ1n) is 6.84. The minimum Gasteiger partial charge on any atom is -0.494 e. The van der Waals surface area contributed by atoms with E-state index in [1.165, 1.54) is 23.5 Å². The Morgan fingerprint density at radius 2 is 2.28 bits per heavy atom. The van der Waals surface area contributed by atoms with Crippen molar-refractivity contribution in [2.75, 3.05) is 24.7 Å². The largest absolute Gasteiger partial charge is 0.494 e. The van der Waals surface area contributed by atoms with Gasteiger partial charge in [0.25, 0.3) is 0 Å². The maximum atomic E-state index is 5.69. The lowest BCUT2D eigenvalue weighted by molar-refractivity contribution is 0.331. The molecule has 1 N–H and O–H groups in total. The van der Waals surface area contributed by atoms with E-state index in [0.717, 1.165) is 24.8 Å². The van der Waals surface area contributed by atoms with Gasteiger partial charge in [0, 0.05) is 11.6 Å². The zero-order valence-electron chi connectivity index (χ0n) is 11.3. The molecule has 2 atom stereocenters. The van der Waals surface area contributed by atoms with Crippen molar-refractivity contribution < 1.29 is 4.74 Å². The van der Waals surface area contributed by atoms with E-state index < -0.39 is 0 Å². The number of nitrogens with one attached hydrogen (secondary N) is 1. The molecule has 1 aliphatic heterocycles. The van der Waals surface area contributed by atoms with Crippen LogP contribution >= 0.6 is 11.8 Å². The molecule has 0 aliphatic carbocycles. The minimum atomic E-state index is 0.360. The highest BCUT2D eigenvalue weighted by Crippen LogP contribution is 2.27. The van der Waals surface area contributed by atoms with E-state index in [0.29, 0.717) is 6.04 Å². The fourth-order valence-electron chi connectivity index (χ4n) is 2.32. The van der Waals surface area contributed by atoms with E-state index in [2.05, 4.69) is 42.2 Å². The molecule has 0 amide bonds. The number of hydrogen-bond donors (Lipinski definition) is 1. The molecule has 100 valence electrons. The lowest BCUT2D eigenvalue weighted by Crippen LogP contribution is -2.26. The monoisotopic (exact) mass is 265 g/mol. The first kappa shape index (κ1) is 13.8. The summed E-state index contributed by atoms with van der Waals surface area (Å²) in [5, 5.41) is 3.65. The number of ether oxygens (including phenoxy) is 1. The van der Waals surface area contributed by atoms with Gasteiger partial charge in [-0.05, 0) is 50.3 Å². The van der Waals surface area contributed by atoms with Gasteiger partial charge in [0.05, 0.1) is 6.61 Å². The first-order valence-corrected chi connectivity index (χ1v) is 7.99. The van der Waals surface area contributed by atoms with E-state index in [9.17, 15) is 0 Å². The smallest absolute Gasteiger partial charge is 0.124 e. The van der Waals surface area contributed by atoms with E-state index in [-0.39, 0.29) is 0 Å². The molecule has 2 rings (SSSR count). The molecule has 18 heavy (non-hydrogen) atoms. The Hall–Kier alpha value is -0.670. The maximum Gasteiger partial charge on any atom is 0.124 e. The number of para-hydroxylation sites is 1. The van der Waals surface area contributed by atoms with E-state index in [1.807, 2.05) is 13.0 Å². The van der Waals surface area contributed by atoms with Crippen molar-refractivity contribution >= 4 is 11.8 Å². The summed E-state index contributed by atoms with van der Waals surface area (Å²) in [4.78, 5) is 0. The molecule has 1 fully saturated rings. The van der Waals surface area contributed by atoms with Crippen LogP contribution in [0.5, 0.6) is 5.75 Å². The van der Waals surface area contributed by atoms with Crippen LogP contribution in [0.15, 0.2) is 24.3 Å². The maximum absolute atomic E-state index is 5.69. The second-order valence-corrected chi connectivity index (χ2v) is 5.98. The number of hydrogen-bond acceptors (Lipinski definition) is 3. The fraction of sp³-hybridized carbons (Fsp3) is 0.600. The molecule has 0 bridgehead atoms. The van der Waals surface area contributed by atoms with Crippen LogP contribution in [0.4, 0.5) is 0 Å². The van der Waals surface area contributed by atoms with Crippen LogP contribution in [-0.2, 0) is 0 Å². The van der Waals surface area contributed by atoms with Gasteiger partial charge in [-0.15, -0.1) is 0 Å². The molecule has 1 aromatic rings. The van der Waals surface area contributed by atoms with E-state index >= 15 is 0 Å². The molecule has 0 saturated carbocycles. The van der Waals surface area contributed by atoms with Crippen molar-refractivity contribution in [3.05, 3.63) is 29.8 Å². The summed E-state index contributed by atoms with van der Waals surface area (Å²) >= 11 is 2.08. The highest BCUT2D eigenvalue weighted by Gasteiger charge is 2.17. The molecule has 1 aromatic carbocycles. The standard InChI is InChI=1S/C15H23NOS/c1-3-17-15-7-5-4-6-14(15)12(2)16-10-13-8-9-18-11-13/h4-7,12-13,16H,3,8-11H2,1-2H3. The van der Waals surface area contributed by atoms with Gasteiger partial charge in [0.1, 0.15) is 5.75 Å². The molecule has 0 radical (unpaired) electrons. The molecule has 0 aromatic heterocycles. The van der Waals surface area contributed by atoms with Crippen molar-refractivity contribution in [2.45, 2.75) is 26.3 Å². The summed E-state index contributed by atoms with van der Waals surface area (Å²) in [7, 11) is 0.